The topological polar surface area (TPSA) is 105 Å². The van der Waals surface area contributed by atoms with E-state index in [-0.39, 0.29) is 12.1 Å². The molecule has 0 fully saturated rings. The van der Waals surface area contributed by atoms with Gasteiger partial charge in [0.2, 0.25) is 0 Å². The van der Waals surface area contributed by atoms with E-state index in [2.05, 4.69) is 42.6 Å². The number of nitrogen functional groups attached to an aromatic ring is 1. The van der Waals surface area contributed by atoms with Crippen LogP contribution >= 0.6 is 22.6 Å². The van der Waals surface area contributed by atoms with Gasteiger partial charge in [-0.2, -0.15) is 5.10 Å². The first-order valence-electron chi connectivity index (χ1n) is 7.13. The van der Waals surface area contributed by atoms with Crippen molar-refractivity contribution in [3.05, 3.63) is 50.3 Å². The van der Waals surface area contributed by atoms with Crippen LogP contribution in [0.2, 0.25) is 0 Å². The van der Waals surface area contributed by atoms with Crippen molar-refractivity contribution in [1.29, 1.82) is 0 Å². The second-order valence-electron chi connectivity index (χ2n) is 5.32. The molecule has 1 aromatic carbocycles. The number of aromatic nitrogens is 6. The number of fused-ring (bicyclic) bond motifs is 2. The van der Waals surface area contributed by atoms with Gasteiger partial charge in [0, 0.05) is 7.05 Å². The molecule has 0 amide bonds. The maximum absolute atomic E-state index is 12.6. The Kier molecular flexibility index (Phi) is 3.44. The molecule has 9 heteroatoms. The molecule has 0 aliphatic carbocycles. The predicted octanol–water partition coefficient (Wildman–Crippen LogP) is 1.31. The Labute approximate surface area is 149 Å². The molecule has 24 heavy (non-hydrogen) atoms. The molecule has 0 spiro atoms. The van der Waals surface area contributed by atoms with E-state index in [1.165, 1.54) is 6.33 Å². The Morgan fingerprint density at radius 2 is 2.04 bits per heavy atom. The smallest absolute Gasteiger partial charge is 0.274 e. The summed E-state index contributed by atoms with van der Waals surface area (Å²) < 4.78 is 3.92. The summed E-state index contributed by atoms with van der Waals surface area (Å²) in [5.41, 5.74) is 8.28. The van der Waals surface area contributed by atoms with Crippen molar-refractivity contribution in [1.82, 2.24) is 29.3 Å². The molecule has 0 saturated heterocycles. The van der Waals surface area contributed by atoms with E-state index in [9.17, 15) is 4.79 Å². The summed E-state index contributed by atoms with van der Waals surface area (Å²) in [5.74, 6) is 0.370. The highest BCUT2D eigenvalue weighted by Gasteiger charge is 2.16. The minimum Gasteiger partial charge on any atom is -0.383 e. The van der Waals surface area contributed by atoms with Gasteiger partial charge in [0.1, 0.15) is 21.5 Å². The minimum atomic E-state index is -0.158. The van der Waals surface area contributed by atoms with Crippen LogP contribution in [0.25, 0.3) is 22.1 Å². The minimum absolute atomic E-state index is 0.158. The largest absolute Gasteiger partial charge is 0.383 e. The van der Waals surface area contributed by atoms with Crippen LogP contribution in [0.1, 0.15) is 5.69 Å². The fourth-order valence-electron chi connectivity index (χ4n) is 2.68. The molecule has 0 atom stereocenters. The van der Waals surface area contributed by atoms with Crippen molar-refractivity contribution in [3.8, 4) is 0 Å². The van der Waals surface area contributed by atoms with Crippen LogP contribution < -0.4 is 11.3 Å². The molecule has 0 bridgehead atoms. The van der Waals surface area contributed by atoms with Gasteiger partial charge in [-0.05, 0) is 34.7 Å². The molecule has 0 unspecified atom stereocenters. The van der Waals surface area contributed by atoms with E-state index in [1.54, 1.807) is 16.3 Å². The molecule has 0 saturated carbocycles. The number of nitrogens with two attached hydrogens (primary N) is 1. The third-order valence-corrected chi connectivity index (χ3v) is 4.62. The lowest BCUT2D eigenvalue weighted by Crippen LogP contribution is -2.25. The second-order valence-corrected chi connectivity index (χ2v) is 6.34. The molecule has 8 nitrogen and oxygen atoms in total. The van der Waals surface area contributed by atoms with E-state index in [4.69, 9.17) is 5.73 Å². The molecular weight excluding hydrogens is 421 g/mol. The summed E-state index contributed by atoms with van der Waals surface area (Å²) in [5, 5.41) is 5.12. The molecule has 3 heterocycles. The van der Waals surface area contributed by atoms with E-state index in [0.717, 1.165) is 11.0 Å². The highest BCUT2D eigenvalue weighted by atomic mass is 127. The fraction of sp³-hybridized carbons (Fsp3) is 0.133. The molecule has 3 aromatic heterocycles. The van der Waals surface area contributed by atoms with Gasteiger partial charge >= 0.3 is 0 Å². The highest BCUT2D eigenvalue weighted by Crippen LogP contribution is 2.22. The Hall–Kier alpha value is -2.56. The first-order valence-corrected chi connectivity index (χ1v) is 8.21. The second kappa shape index (κ2) is 5.51. The molecule has 2 N–H and O–H groups in total. The SMILES string of the molecule is Cn1c(=O)c(Cn2nc(I)c3c(N)ncnc32)nc2ccccc21. The lowest BCUT2D eigenvalue weighted by Gasteiger charge is -2.08. The zero-order valence-electron chi connectivity index (χ0n) is 12.6. The lowest BCUT2D eigenvalue weighted by atomic mass is 10.3. The summed E-state index contributed by atoms with van der Waals surface area (Å²) in [4.78, 5) is 25.3. The predicted molar refractivity (Wildman–Crippen MR) is 98.5 cm³/mol. The number of rotatable bonds is 2. The van der Waals surface area contributed by atoms with Crippen molar-refractivity contribution in [2.24, 2.45) is 7.05 Å². The molecule has 0 aliphatic rings. The van der Waals surface area contributed by atoms with E-state index in [1.807, 2.05) is 24.3 Å². The normalized spacial score (nSPS) is 11.4. The van der Waals surface area contributed by atoms with Crippen LogP contribution in [0, 0.1) is 3.70 Å². The first kappa shape index (κ1) is 15.0. The first-order chi connectivity index (χ1) is 11.6. The van der Waals surface area contributed by atoms with Crippen molar-refractivity contribution < 1.29 is 0 Å². The van der Waals surface area contributed by atoms with Crippen LogP contribution in [0.5, 0.6) is 0 Å². The molecule has 0 radical (unpaired) electrons. The Morgan fingerprint density at radius 1 is 1.25 bits per heavy atom. The van der Waals surface area contributed by atoms with Gasteiger partial charge in [-0.15, -0.1) is 0 Å². The summed E-state index contributed by atoms with van der Waals surface area (Å²) in [6.45, 7) is 0.216. The fourth-order valence-corrected chi connectivity index (χ4v) is 3.46. The molecular formula is C15H12IN7O. The van der Waals surface area contributed by atoms with Gasteiger partial charge in [0.15, 0.2) is 5.65 Å². The number of benzene rings is 1. The lowest BCUT2D eigenvalue weighted by molar-refractivity contribution is 0.669. The number of halogens is 1. The molecule has 0 aliphatic heterocycles. The number of hydrogen-bond acceptors (Lipinski definition) is 6. The number of aryl methyl sites for hydroxylation is 1. The number of para-hydroxylation sites is 2. The third-order valence-electron chi connectivity index (χ3n) is 3.87. The number of anilines is 1. The van der Waals surface area contributed by atoms with Gasteiger partial charge in [-0.25, -0.2) is 19.6 Å². The van der Waals surface area contributed by atoms with Crippen molar-refractivity contribution >= 4 is 50.5 Å². The van der Waals surface area contributed by atoms with E-state index in [0.29, 0.717) is 26.2 Å². The maximum Gasteiger partial charge on any atom is 0.274 e. The van der Waals surface area contributed by atoms with Gasteiger partial charge in [0.25, 0.3) is 5.56 Å². The van der Waals surface area contributed by atoms with Crippen LogP contribution in [0.15, 0.2) is 35.4 Å². The van der Waals surface area contributed by atoms with Crippen LogP contribution in [-0.2, 0) is 13.6 Å². The van der Waals surface area contributed by atoms with Crippen molar-refractivity contribution in [2.75, 3.05) is 5.73 Å². The van der Waals surface area contributed by atoms with Crippen molar-refractivity contribution in [2.45, 2.75) is 6.54 Å². The summed E-state index contributed by atoms with van der Waals surface area (Å²) in [6.07, 6.45) is 1.39. The average Bonchev–Trinajstić information content (AvgIpc) is 2.90. The van der Waals surface area contributed by atoms with Crippen LogP contribution in [-0.4, -0.2) is 29.3 Å². The summed E-state index contributed by atoms with van der Waals surface area (Å²) in [7, 11) is 1.74. The van der Waals surface area contributed by atoms with Crippen LogP contribution in [0.3, 0.4) is 0 Å². The van der Waals surface area contributed by atoms with Crippen molar-refractivity contribution in [3.63, 3.8) is 0 Å². The third kappa shape index (κ3) is 2.23. The summed E-state index contributed by atoms with van der Waals surface area (Å²) >= 11 is 2.08. The highest BCUT2D eigenvalue weighted by molar-refractivity contribution is 14.1. The van der Waals surface area contributed by atoms with E-state index < -0.39 is 0 Å². The zero-order chi connectivity index (χ0) is 16.8. The summed E-state index contributed by atoms with van der Waals surface area (Å²) in [6, 6.07) is 7.52. The maximum atomic E-state index is 12.6. The van der Waals surface area contributed by atoms with Gasteiger partial charge in [0.05, 0.1) is 23.0 Å². The Morgan fingerprint density at radius 3 is 2.88 bits per heavy atom. The number of hydrogen-bond donors (Lipinski definition) is 1. The van der Waals surface area contributed by atoms with Crippen LogP contribution in [0.4, 0.5) is 5.82 Å². The molecule has 4 rings (SSSR count). The van der Waals surface area contributed by atoms with Gasteiger partial charge < -0.3 is 10.3 Å². The number of nitrogens with zero attached hydrogens (tertiary/aromatic N) is 6. The average molecular weight is 433 g/mol. The zero-order valence-corrected chi connectivity index (χ0v) is 14.8. The Balaban J connectivity index is 1.91. The Bertz CT molecular complexity index is 1150. The van der Waals surface area contributed by atoms with E-state index >= 15 is 0 Å². The molecule has 4 aromatic rings. The quantitative estimate of drug-likeness (QED) is 0.478. The standard InChI is InChI=1S/C15H12IN7O/c1-22-10-5-3-2-4-8(10)20-9(15(22)24)6-23-14-11(12(16)21-23)13(17)18-7-19-14/h2-5,7H,6H2,1H3,(H2,17,18,19). The van der Waals surface area contributed by atoms with Gasteiger partial charge in [-0.3, -0.25) is 4.79 Å². The van der Waals surface area contributed by atoms with Gasteiger partial charge in [-0.1, -0.05) is 12.1 Å². The molecule has 120 valence electrons. The monoisotopic (exact) mass is 433 g/mol.